The lowest BCUT2D eigenvalue weighted by Gasteiger charge is -2.04. The highest BCUT2D eigenvalue weighted by Crippen LogP contribution is 2.27. The van der Waals surface area contributed by atoms with Crippen LogP contribution in [0.2, 0.25) is 0 Å². The van der Waals surface area contributed by atoms with Crippen LogP contribution in [0.25, 0.3) is 0 Å². The quantitative estimate of drug-likeness (QED) is 0.713. The monoisotopic (exact) mass is 156 g/mol. The maximum atomic E-state index is 5.66. The average Bonchev–Trinajstić information content (AvgIpc) is 2.34. The van der Waals surface area contributed by atoms with Gasteiger partial charge < -0.3 is 5.73 Å². The summed E-state index contributed by atoms with van der Waals surface area (Å²) >= 11 is 1.51. The van der Waals surface area contributed by atoms with Gasteiger partial charge in [0.1, 0.15) is 0 Å². The van der Waals surface area contributed by atoms with E-state index in [0.29, 0.717) is 5.92 Å². The topological polar surface area (TPSA) is 38.9 Å². The molecule has 1 aromatic rings. The molecule has 1 aromatic heterocycles. The lowest BCUT2D eigenvalue weighted by Crippen LogP contribution is -1.92. The van der Waals surface area contributed by atoms with Gasteiger partial charge >= 0.3 is 0 Å². The van der Waals surface area contributed by atoms with E-state index in [1.54, 1.807) is 6.20 Å². The summed E-state index contributed by atoms with van der Waals surface area (Å²) in [6, 6.07) is 0. The number of rotatable bonds is 2. The summed E-state index contributed by atoms with van der Waals surface area (Å²) < 4.78 is 4.01. The Bertz CT molecular complexity index is 207. The van der Waals surface area contributed by atoms with E-state index in [1.165, 1.54) is 16.4 Å². The van der Waals surface area contributed by atoms with Crippen molar-refractivity contribution in [1.29, 1.82) is 0 Å². The minimum absolute atomic E-state index is 0.562. The molecule has 1 atom stereocenters. The second-order valence-electron chi connectivity index (χ2n) is 2.45. The fraction of sp³-hybridized carbons (Fsp3) is 0.571. The number of nitrogens with two attached hydrogens (primary N) is 1. The van der Waals surface area contributed by atoms with Crippen molar-refractivity contribution in [2.75, 3.05) is 5.73 Å². The highest BCUT2D eigenvalue weighted by atomic mass is 32.1. The number of nitrogens with zero attached hydrogens (tertiary/aromatic N) is 1. The van der Waals surface area contributed by atoms with Crippen molar-refractivity contribution in [3.63, 3.8) is 0 Å². The summed E-state index contributed by atoms with van der Waals surface area (Å²) in [6.45, 7) is 4.33. The van der Waals surface area contributed by atoms with Crippen LogP contribution in [0.4, 0.5) is 5.69 Å². The number of hydrogen-bond donors (Lipinski definition) is 1. The summed E-state index contributed by atoms with van der Waals surface area (Å²) in [5.74, 6) is 0.562. The molecule has 0 saturated carbocycles. The molecular formula is C7H12N2S. The maximum Gasteiger partial charge on any atom is 0.0662 e. The molecule has 0 aliphatic heterocycles. The Hall–Kier alpha value is -0.570. The first kappa shape index (κ1) is 7.54. The molecule has 0 aliphatic rings. The smallest absolute Gasteiger partial charge is 0.0662 e. The van der Waals surface area contributed by atoms with E-state index < -0.39 is 0 Å². The zero-order chi connectivity index (χ0) is 7.56. The standard InChI is InChI=1S/C7H12N2S/c1-3-5(2)7-6(8)4-9-10-7/h4-5H,3,8H2,1-2H3. The summed E-state index contributed by atoms with van der Waals surface area (Å²) in [4.78, 5) is 1.22. The van der Waals surface area contributed by atoms with Crippen molar-refractivity contribution in [2.45, 2.75) is 26.2 Å². The summed E-state index contributed by atoms with van der Waals surface area (Å²) in [5, 5.41) is 0. The summed E-state index contributed by atoms with van der Waals surface area (Å²) in [6.07, 6.45) is 2.86. The van der Waals surface area contributed by atoms with Crippen LogP contribution in [0.1, 0.15) is 31.1 Å². The number of aromatic nitrogens is 1. The van der Waals surface area contributed by atoms with E-state index in [1.807, 2.05) is 0 Å². The second kappa shape index (κ2) is 3.01. The van der Waals surface area contributed by atoms with Crippen LogP contribution in [0.5, 0.6) is 0 Å². The zero-order valence-corrected chi connectivity index (χ0v) is 7.11. The second-order valence-corrected chi connectivity index (χ2v) is 3.29. The van der Waals surface area contributed by atoms with Crippen LogP contribution >= 0.6 is 11.5 Å². The van der Waals surface area contributed by atoms with Gasteiger partial charge in [-0.2, -0.15) is 4.37 Å². The number of hydrogen-bond acceptors (Lipinski definition) is 3. The molecule has 0 aliphatic carbocycles. The number of anilines is 1. The Labute approximate surface area is 65.2 Å². The molecular weight excluding hydrogens is 144 g/mol. The van der Waals surface area contributed by atoms with Gasteiger partial charge in [0, 0.05) is 0 Å². The van der Waals surface area contributed by atoms with E-state index in [9.17, 15) is 0 Å². The van der Waals surface area contributed by atoms with Crippen LogP contribution in [-0.4, -0.2) is 4.37 Å². The van der Waals surface area contributed by atoms with E-state index in [0.717, 1.165) is 12.1 Å². The van der Waals surface area contributed by atoms with Gasteiger partial charge in [-0.15, -0.1) is 0 Å². The van der Waals surface area contributed by atoms with Crippen molar-refractivity contribution in [1.82, 2.24) is 4.37 Å². The van der Waals surface area contributed by atoms with Crippen molar-refractivity contribution >= 4 is 17.2 Å². The van der Waals surface area contributed by atoms with E-state index in [2.05, 4.69) is 18.2 Å². The van der Waals surface area contributed by atoms with Crippen molar-refractivity contribution in [3.8, 4) is 0 Å². The first-order valence-electron chi connectivity index (χ1n) is 3.45. The van der Waals surface area contributed by atoms with Gasteiger partial charge in [-0.25, -0.2) is 0 Å². The molecule has 10 heavy (non-hydrogen) atoms. The van der Waals surface area contributed by atoms with Crippen LogP contribution in [0.15, 0.2) is 6.20 Å². The van der Waals surface area contributed by atoms with E-state index in [4.69, 9.17) is 5.73 Å². The highest BCUT2D eigenvalue weighted by molar-refractivity contribution is 7.06. The molecule has 0 aromatic carbocycles. The Kier molecular flexibility index (Phi) is 2.27. The average molecular weight is 156 g/mol. The number of nitrogen functional groups attached to an aromatic ring is 1. The third-order valence-corrected chi connectivity index (χ3v) is 2.73. The normalized spacial score (nSPS) is 13.4. The largest absolute Gasteiger partial charge is 0.397 e. The SMILES string of the molecule is CCC(C)c1sncc1N. The van der Waals surface area contributed by atoms with Crippen molar-refractivity contribution in [3.05, 3.63) is 11.1 Å². The summed E-state index contributed by atoms with van der Waals surface area (Å²) in [7, 11) is 0. The van der Waals surface area contributed by atoms with Crippen molar-refractivity contribution in [2.24, 2.45) is 0 Å². The van der Waals surface area contributed by atoms with Crippen LogP contribution in [-0.2, 0) is 0 Å². The van der Waals surface area contributed by atoms with Crippen LogP contribution < -0.4 is 5.73 Å². The predicted molar refractivity (Wildman–Crippen MR) is 45.2 cm³/mol. The van der Waals surface area contributed by atoms with E-state index >= 15 is 0 Å². The molecule has 1 rings (SSSR count). The molecule has 0 fully saturated rings. The first-order chi connectivity index (χ1) is 4.75. The summed E-state index contributed by atoms with van der Waals surface area (Å²) in [5.41, 5.74) is 6.51. The Balaban J connectivity index is 2.82. The molecule has 0 radical (unpaired) electrons. The first-order valence-corrected chi connectivity index (χ1v) is 4.23. The molecule has 0 saturated heterocycles. The predicted octanol–water partition coefficient (Wildman–Crippen LogP) is 2.24. The third-order valence-electron chi connectivity index (χ3n) is 1.69. The van der Waals surface area contributed by atoms with Gasteiger partial charge in [0.15, 0.2) is 0 Å². The Morgan fingerprint density at radius 1 is 1.80 bits per heavy atom. The van der Waals surface area contributed by atoms with Gasteiger partial charge in [0.25, 0.3) is 0 Å². The van der Waals surface area contributed by atoms with Gasteiger partial charge in [0.2, 0.25) is 0 Å². The fourth-order valence-corrected chi connectivity index (χ4v) is 1.60. The fourth-order valence-electron chi connectivity index (χ4n) is 0.816. The molecule has 2 nitrogen and oxygen atoms in total. The van der Waals surface area contributed by atoms with Gasteiger partial charge in [-0.3, -0.25) is 0 Å². The van der Waals surface area contributed by atoms with Gasteiger partial charge in [0.05, 0.1) is 16.8 Å². The molecule has 1 unspecified atom stereocenters. The molecule has 56 valence electrons. The molecule has 1 heterocycles. The zero-order valence-electron chi connectivity index (χ0n) is 6.29. The lowest BCUT2D eigenvalue weighted by atomic mass is 10.1. The van der Waals surface area contributed by atoms with Crippen molar-refractivity contribution < 1.29 is 0 Å². The molecule has 2 N–H and O–H groups in total. The third kappa shape index (κ3) is 1.29. The molecule has 0 spiro atoms. The molecule has 0 amide bonds. The minimum Gasteiger partial charge on any atom is -0.397 e. The van der Waals surface area contributed by atoms with Crippen LogP contribution in [0.3, 0.4) is 0 Å². The van der Waals surface area contributed by atoms with Gasteiger partial charge in [-0.05, 0) is 23.9 Å². The van der Waals surface area contributed by atoms with Crippen LogP contribution in [0, 0.1) is 0 Å². The molecule has 0 bridgehead atoms. The van der Waals surface area contributed by atoms with E-state index in [-0.39, 0.29) is 0 Å². The lowest BCUT2D eigenvalue weighted by molar-refractivity contribution is 0.750. The highest BCUT2D eigenvalue weighted by Gasteiger charge is 2.08. The molecule has 3 heteroatoms. The minimum atomic E-state index is 0.562. The Morgan fingerprint density at radius 3 is 2.90 bits per heavy atom. The van der Waals surface area contributed by atoms with Gasteiger partial charge in [-0.1, -0.05) is 13.8 Å². The maximum absolute atomic E-state index is 5.66. The Morgan fingerprint density at radius 2 is 2.50 bits per heavy atom.